The molecule has 10 aromatic rings. The van der Waals surface area contributed by atoms with Crippen LogP contribution in [0.4, 0.5) is 34.9 Å². The molecule has 3 atom stereocenters. The number of primary amides is 1. The highest BCUT2D eigenvalue weighted by atomic mass is 79.9. The van der Waals surface area contributed by atoms with Crippen LogP contribution in [0.15, 0.2) is 184 Å². The third-order valence-corrected chi connectivity index (χ3v) is 29.7. The number of piperidine rings is 3. The van der Waals surface area contributed by atoms with Crippen LogP contribution in [0.2, 0.25) is 30.1 Å². The van der Waals surface area contributed by atoms with Crippen molar-refractivity contribution in [3.05, 3.63) is 222 Å². The molecule has 0 bridgehead atoms. The average molecular weight is 1920 g/mol. The van der Waals surface area contributed by atoms with Crippen molar-refractivity contribution in [2.75, 3.05) is 54.0 Å². The Morgan fingerprint density at radius 3 is 1.00 bits per heavy atom. The second-order valence-corrected chi connectivity index (χ2v) is 39.4. The predicted molar refractivity (Wildman–Crippen MR) is 471 cm³/mol. The molecular weight excluding hydrogens is 1830 g/mol. The Morgan fingerprint density at radius 1 is 0.447 bits per heavy atom. The van der Waals surface area contributed by atoms with Gasteiger partial charge in [0, 0.05) is 117 Å². The number of fused-ring (bicyclic) bond motifs is 3. The molecule has 0 aliphatic carbocycles. The topological polar surface area (TPSA) is 394 Å². The molecule has 6 aliphatic heterocycles. The molecule has 10 heterocycles. The monoisotopic (exact) mass is 1910 g/mol. The zero-order valence-corrected chi connectivity index (χ0v) is 72.4. The molecule has 6 aromatic carbocycles. The molecule has 30 nitrogen and oxygen atoms in total. The molecule has 6 aliphatic rings. The van der Waals surface area contributed by atoms with E-state index < -0.39 is 88.2 Å². The van der Waals surface area contributed by atoms with E-state index in [0.717, 1.165) is 26.7 Å². The summed E-state index contributed by atoms with van der Waals surface area (Å²) in [5, 5.41) is 29.2. The number of hydrogen-bond acceptors (Lipinski definition) is 18. The Hall–Kier alpha value is -9.71. The van der Waals surface area contributed by atoms with Crippen molar-refractivity contribution < 1.29 is 64.2 Å². The Labute approximate surface area is 750 Å². The normalized spacial score (nSPS) is 19.6. The average Bonchev–Trinajstić information content (AvgIpc) is 1.56. The minimum atomic E-state index is -4.15. The smallest absolute Gasteiger partial charge is 0.306 e. The molecule has 4 amide bonds. The van der Waals surface area contributed by atoms with Crippen molar-refractivity contribution in [2.24, 2.45) is 23.5 Å². The van der Waals surface area contributed by atoms with Crippen LogP contribution in [0, 0.1) is 29.1 Å². The molecule has 16 rings (SSSR count). The SMILES string of the molecule is C.C.C.C[C@@]1(Cc2ccc(-c3cncnc3)cc2)C(=O)N(c2cc(Cl)cc(Cl)c2)c2ncc(S(=O)(=O)N3CCC(C(N)=O)CC3)n21.C[C@@]1(Cc2ccc(Br)cc2)C(=O)N(c2cc(Cl)cc(Cl)c2)c2ncc(S(=O)(=O)N3CCC(C(=O)O)CC3)n21.C[C@@]1(Cc2ccc(C#N)cc2)C(=O)N(c2cc(Cl)cc(Cl)c2)c2ncc(S(=O)(=O)N3CCC(C(=O)O)CC3)n21. The first-order chi connectivity index (χ1) is 56.8. The largest absolute Gasteiger partial charge is 0.481 e. The fourth-order valence-electron chi connectivity index (χ4n) is 16.1. The number of benzene rings is 6. The number of amides is 4. The molecule has 40 heteroatoms. The first kappa shape index (κ1) is 94.0. The van der Waals surface area contributed by atoms with E-state index in [0.29, 0.717) is 71.2 Å². The summed E-state index contributed by atoms with van der Waals surface area (Å²) < 4.78 is 92.6. The Kier molecular flexibility index (Phi) is 28.1. The highest BCUT2D eigenvalue weighted by Gasteiger charge is 2.56. The maximum atomic E-state index is 14.3. The number of aliphatic carboxylic acids is 2. The fraction of sp³-hybridized carbons (Fsp3) is 0.325. The van der Waals surface area contributed by atoms with Gasteiger partial charge in [0.25, 0.3) is 47.8 Å². The summed E-state index contributed by atoms with van der Waals surface area (Å²) in [6.07, 6.45) is 10.5. The van der Waals surface area contributed by atoms with E-state index in [2.05, 4.69) is 46.9 Å². The van der Waals surface area contributed by atoms with Gasteiger partial charge in [-0.1, -0.05) is 156 Å². The number of rotatable bonds is 19. The van der Waals surface area contributed by atoms with Crippen molar-refractivity contribution in [3.63, 3.8) is 0 Å². The maximum absolute atomic E-state index is 14.3. The number of halogens is 7. The lowest BCUT2D eigenvalue weighted by atomic mass is 9.91. The molecule has 3 fully saturated rings. The summed E-state index contributed by atoms with van der Waals surface area (Å²) in [5.41, 5.74) is 6.88. The van der Waals surface area contributed by atoms with Gasteiger partial charge in [0.2, 0.25) is 23.8 Å². The molecule has 648 valence electrons. The van der Waals surface area contributed by atoms with Gasteiger partial charge in [-0.3, -0.25) is 42.5 Å². The number of anilines is 6. The summed E-state index contributed by atoms with van der Waals surface area (Å²) in [5.74, 6) is -4.77. The second-order valence-electron chi connectivity index (χ2n) is 30.2. The number of imidazole rings is 3. The zero-order valence-electron chi connectivity index (χ0n) is 63.9. The van der Waals surface area contributed by atoms with E-state index in [-0.39, 0.29) is 151 Å². The third-order valence-electron chi connectivity index (χ3n) is 22.3. The third kappa shape index (κ3) is 18.2. The molecule has 4 aromatic heterocycles. The molecule has 0 radical (unpaired) electrons. The summed E-state index contributed by atoms with van der Waals surface area (Å²) in [6.45, 7) is 5.46. The molecule has 0 unspecified atom stereocenters. The lowest BCUT2D eigenvalue weighted by Crippen LogP contribution is -2.45. The van der Waals surface area contributed by atoms with Crippen LogP contribution >= 0.6 is 85.5 Å². The van der Waals surface area contributed by atoms with Crippen LogP contribution in [0.5, 0.6) is 0 Å². The summed E-state index contributed by atoms with van der Waals surface area (Å²) in [4.78, 5) is 102. The first-order valence-corrected chi connectivity index (χ1v) is 44.7. The number of aromatic nitrogens is 8. The molecule has 0 spiro atoms. The summed E-state index contributed by atoms with van der Waals surface area (Å²) >= 11 is 40.9. The number of hydrogen-bond donors (Lipinski definition) is 3. The molecule has 3 saturated heterocycles. The van der Waals surface area contributed by atoms with E-state index in [4.69, 9.17) is 80.6 Å². The van der Waals surface area contributed by atoms with Gasteiger partial charge in [-0.2, -0.15) is 18.2 Å². The van der Waals surface area contributed by atoms with Crippen LogP contribution in [0.25, 0.3) is 11.1 Å². The highest BCUT2D eigenvalue weighted by Crippen LogP contribution is 2.50. The number of carbonyl (C=O) groups is 6. The van der Waals surface area contributed by atoms with E-state index in [1.165, 1.54) is 78.4 Å². The number of carbonyl (C=O) groups excluding carboxylic acids is 4. The lowest BCUT2D eigenvalue weighted by Gasteiger charge is -2.31. The van der Waals surface area contributed by atoms with Crippen LogP contribution in [0.1, 0.15) is 104 Å². The summed E-state index contributed by atoms with van der Waals surface area (Å²) in [6, 6.07) is 37.8. The minimum Gasteiger partial charge on any atom is -0.481 e. The minimum absolute atomic E-state index is 0. The van der Waals surface area contributed by atoms with Crippen molar-refractivity contribution >= 4 is 186 Å². The van der Waals surface area contributed by atoms with Gasteiger partial charge < -0.3 is 15.9 Å². The van der Waals surface area contributed by atoms with Crippen molar-refractivity contribution in [1.82, 2.24) is 51.5 Å². The van der Waals surface area contributed by atoms with Gasteiger partial charge in [-0.25, -0.2) is 64.9 Å². The molecule has 123 heavy (non-hydrogen) atoms. The van der Waals surface area contributed by atoms with E-state index in [1.54, 1.807) is 99.9 Å². The fourth-order valence-corrected chi connectivity index (χ4v) is 22.8. The lowest BCUT2D eigenvalue weighted by molar-refractivity contribution is -0.143. The summed E-state index contributed by atoms with van der Waals surface area (Å²) in [7, 11) is -12.4. The standard InChI is InChI=1S/C29H27Cl2N7O4S.C26H23Cl2N5O5S.C25H23BrCl2N4O5S.3CH4/c1-29(13-18-2-4-19(5-3-18)21-14-33-17-34-15-21)27(40)37(24-11-22(30)10-23(31)12-24)28-35-16-25(38(28)29)43(41,42)36-8-6-20(7-9-36)26(32)39;1-26(13-16-2-4-17(14-29)5-3-16)24(36)32(21-11-19(27)10-20(28)12-21)25-30-15-22(33(25)26)39(37,38)31-8-6-18(7-9-31)23(34)35;1-25(13-15-2-4-17(26)5-3-15)23(35)31(20-11-18(27)10-19(28)12-20)24-29-14-21(32(24)25)38(36,37)30-8-6-16(7-9-30)22(33)34;;;/h2-5,10-12,14-17,20H,6-9,13H2,1H3,(H2,32,39);2-5,10-12,15,18H,6-9,13H2,1H3,(H,34,35);2-5,10-12,14,16H,6-9,13H2,1H3,(H,33,34);3*1H4/t29-;26-;25-;;;/m111.../s1. The predicted octanol–water partition coefficient (Wildman–Crippen LogP) is 15.3. The van der Waals surface area contributed by atoms with E-state index in [9.17, 15) is 64.2 Å². The van der Waals surface area contributed by atoms with Gasteiger partial charge in [0.1, 0.15) is 22.9 Å². The Morgan fingerprint density at radius 2 is 0.724 bits per heavy atom. The van der Waals surface area contributed by atoms with Crippen molar-refractivity contribution in [1.29, 1.82) is 5.26 Å². The Balaban J connectivity index is 0.000000178. The molecule has 4 N–H and O–H groups in total. The number of nitrogens with zero attached hydrogens (tertiary/aromatic N) is 15. The number of nitriles is 1. The number of sulfonamides is 3. The maximum Gasteiger partial charge on any atom is 0.306 e. The number of nitrogens with two attached hydrogens (primary N) is 1. The van der Waals surface area contributed by atoms with Gasteiger partial charge in [0.05, 0.1) is 59.1 Å². The van der Waals surface area contributed by atoms with Crippen molar-refractivity contribution in [3.8, 4) is 17.2 Å². The number of carboxylic acids is 2. The van der Waals surface area contributed by atoms with E-state index >= 15 is 0 Å². The van der Waals surface area contributed by atoms with Crippen LogP contribution in [-0.4, -0.2) is 162 Å². The van der Waals surface area contributed by atoms with Crippen LogP contribution in [0.3, 0.4) is 0 Å². The van der Waals surface area contributed by atoms with Crippen LogP contribution in [-0.2, 0) is 94.7 Å². The molecular formula is C83H85BrCl6N16O14S3. The van der Waals surface area contributed by atoms with Gasteiger partial charge >= 0.3 is 11.9 Å². The van der Waals surface area contributed by atoms with Gasteiger partial charge in [-0.15, -0.1) is 0 Å². The van der Waals surface area contributed by atoms with Crippen molar-refractivity contribution in [2.45, 2.75) is 133 Å². The van der Waals surface area contributed by atoms with E-state index in [1.807, 2.05) is 48.5 Å². The second kappa shape index (κ2) is 36.8. The Bertz CT molecular complexity index is 6110. The highest BCUT2D eigenvalue weighted by molar-refractivity contribution is 9.10. The first-order valence-electron chi connectivity index (χ1n) is 37.4. The molecule has 0 saturated carbocycles. The van der Waals surface area contributed by atoms with Gasteiger partial charge in [-0.05, 0) is 160 Å². The number of carboxylic acid groups (broad SMARTS) is 2. The van der Waals surface area contributed by atoms with Crippen LogP contribution < -0.4 is 20.4 Å². The quantitative estimate of drug-likeness (QED) is 0.0677. The zero-order chi connectivity index (χ0) is 86.0. The van der Waals surface area contributed by atoms with Gasteiger partial charge in [0.15, 0.2) is 15.1 Å².